The third-order valence-corrected chi connectivity index (χ3v) is 5.62. The van der Waals surface area contributed by atoms with Gasteiger partial charge in [0, 0.05) is 19.6 Å². The predicted molar refractivity (Wildman–Crippen MR) is 106 cm³/mol. The molecule has 1 unspecified atom stereocenters. The van der Waals surface area contributed by atoms with Gasteiger partial charge in [-0.25, -0.2) is 4.39 Å². The molecule has 1 fully saturated rings. The van der Waals surface area contributed by atoms with Gasteiger partial charge >= 0.3 is 0 Å². The van der Waals surface area contributed by atoms with Gasteiger partial charge < -0.3 is 14.6 Å². The molecule has 2 aromatic rings. The van der Waals surface area contributed by atoms with E-state index in [1.807, 2.05) is 0 Å². The van der Waals surface area contributed by atoms with Gasteiger partial charge in [0.2, 0.25) is 0 Å². The van der Waals surface area contributed by atoms with Crippen molar-refractivity contribution in [3.8, 4) is 5.75 Å². The fourth-order valence-electron chi connectivity index (χ4n) is 4.23. The second-order valence-corrected chi connectivity index (χ2v) is 7.81. The van der Waals surface area contributed by atoms with Crippen molar-refractivity contribution in [1.82, 2.24) is 4.90 Å². The maximum absolute atomic E-state index is 13.0. The van der Waals surface area contributed by atoms with Gasteiger partial charge in [-0.3, -0.25) is 4.90 Å². The summed E-state index contributed by atoms with van der Waals surface area (Å²) in [5.41, 5.74) is 2.64. The van der Waals surface area contributed by atoms with Crippen LogP contribution in [0.1, 0.15) is 36.5 Å². The van der Waals surface area contributed by atoms with E-state index in [0.717, 1.165) is 38.8 Å². The lowest BCUT2D eigenvalue weighted by Crippen LogP contribution is -2.35. The Balaban J connectivity index is 1.22. The number of nitrogens with zero attached hydrogens (tertiary/aromatic N) is 1. The largest absolute Gasteiger partial charge is 0.489 e. The maximum Gasteiger partial charge on any atom is 0.123 e. The average molecular weight is 385 g/mol. The molecule has 4 nitrogen and oxygen atoms in total. The second kappa shape index (κ2) is 9.03. The minimum absolute atomic E-state index is 0.0730. The van der Waals surface area contributed by atoms with Gasteiger partial charge in [-0.05, 0) is 61.1 Å². The summed E-state index contributed by atoms with van der Waals surface area (Å²) in [6, 6.07) is 14.6. The van der Waals surface area contributed by atoms with Crippen LogP contribution in [0.5, 0.6) is 5.75 Å². The van der Waals surface area contributed by atoms with Gasteiger partial charge in [-0.15, -0.1) is 0 Å². The number of ether oxygens (including phenoxy) is 2. The number of hydrogen-bond donors (Lipinski definition) is 1. The normalized spacial score (nSPS) is 23.4. The molecule has 1 heterocycles. The minimum atomic E-state index is -0.515. The summed E-state index contributed by atoms with van der Waals surface area (Å²) in [5, 5.41) is 10.4. The van der Waals surface area contributed by atoms with Crippen LogP contribution in [0.15, 0.2) is 48.5 Å². The smallest absolute Gasteiger partial charge is 0.123 e. The molecule has 0 saturated carbocycles. The molecule has 1 N–H and O–H groups in total. The van der Waals surface area contributed by atoms with Crippen molar-refractivity contribution in [1.29, 1.82) is 0 Å². The topological polar surface area (TPSA) is 41.9 Å². The molecule has 1 aliphatic heterocycles. The van der Waals surface area contributed by atoms with Crippen LogP contribution in [0, 0.1) is 5.82 Å². The lowest BCUT2D eigenvalue weighted by Gasteiger charge is -2.27. The summed E-state index contributed by atoms with van der Waals surface area (Å²) in [4.78, 5) is 2.21. The fraction of sp³-hybridized carbons (Fsp3) is 0.478. The lowest BCUT2D eigenvalue weighted by molar-refractivity contribution is -0.0268. The lowest BCUT2D eigenvalue weighted by atomic mass is 9.89. The van der Waals surface area contributed by atoms with Crippen molar-refractivity contribution in [3.63, 3.8) is 0 Å². The van der Waals surface area contributed by atoms with Crippen LogP contribution < -0.4 is 4.74 Å². The standard InChI is InChI=1S/C23H28FNO3/c24-18-8-10-20(11-9-18)28-21-12-13-25(15-21)14-19(26)16-27-23-7-3-5-17-4-1-2-6-22(17)23/h1-2,4,6,8-11,19,21,23,26H,3,5,7,12-16H2/t19?,21-,23+/m1/s1. The van der Waals surface area contributed by atoms with Crippen LogP contribution in [-0.2, 0) is 11.2 Å². The maximum atomic E-state index is 13.0. The van der Waals surface area contributed by atoms with E-state index in [0.29, 0.717) is 18.9 Å². The number of hydrogen-bond acceptors (Lipinski definition) is 4. The molecule has 0 aromatic heterocycles. The Labute approximate surface area is 165 Å². The zero-order chi connectivity index (χ0) is 19.3. The number of fused-ring (bicyclic) bond motifs is 1. The van der Waals surface area contributed by atoms with Crippen LogP contribution in [0.3, 0.4) is 0 Å². The molecule has 4 rings (SSSR count). The van der Waals surface area contributed by atoms with Crippen molar-refractivity contribution >= 4 is 0 Å². The quantitative estimate of drug-likeness (QED) is 0.789. The molecule has 3 atom stereocenters. The van der Waals surface area contributed by atoms with Crippen LogP contribution in [0.2, 0.25) is 0 Å². The number of β-amino-alcohol motifs (C(OH)–C–C–N with tert-alkyl or cyclic N) is 1. The predicted octanol–water partition coefficient (Wildman–Crippen LogP) is 3.73. The van der Waals surface area contributed by atoms with E-state index in [-0.39, 0.29) is 18.0 Å². The van der Waals surface area contributed by atoms with Crippen LogP contribution in [0.4, 0.5) is 4.39 Å². The molecule has 0 spiro atoms. The van der Waals surface area contributed by atoms with Crippen molar-refractivity contribution in [2.75, 3.05) is 26.2 Å². The SMILES string of the molecule is OC(CO[C@H]1CCCc2ccccc21)CN1CC[C@@H](Oc2ccc(F)cc2)C1. The Kier molecular flexibility index (Phi) is 6.25. The van der Waals surface area contributed by atoms with Crippen LogP contribution >= 0.6 is 0 Å². The Hall–Kier alpha value is -1.95. The van der Waals surface area contributed by atoms with E-state index in [1.165, 1.54) is 23.3 Å². The summed E-state index contributed by atoms with van der Waals surface area (Å²) in [7, 11) is 0. The summed E-state index contributed by atoms with van der Waals surface area (Å²) in [6.07, 6.45) is 3.81. The molecule has 2 aliphatic rings. The van der Waals surface area contributed by atoms with Gasteiger partial charge in [0.25, 0.3) is 0 Å². The second-order valence-electron chi connectivity index (χ2n) is 7.81. The van der Waals surface area contributed by atoms with Crippen molar-refractivity contribution in [2.24, 2.45) is 0 Å². The van der Waals surface area contributed by atoms with Gasteiger partial charge in [-0.2, -0.15) is 0 Å². The van der Waals surface area contributed by atoms with Gasteiger partial charge in [-0.1, -0.05) is 24.3 Å². The molecular weight excluding hydrogens is 357 g/mol. The first-order chi connectivity index (χ1) is 13.7. The Morgan fingerprint density at radius 3 is 2.79 bits per heavy atom. The first-order valence-electron chi connectivity index (χ1n) is 10.2. The van der Waals surface area contributed by atoms with E-state index in [1.54, 1.807) is 12.1 Å². The third kappa shape index (κ3) is 4.90. The number of benzene rings is 2. The summed E-state index contributed by atoms with van der Waals surface area (Å²) < 4.78 is 25.0. The number of aryl methyl sites for hydroxylation is 1. The number of halogens is 1. The van der Waals surface area contributed by atoms with E-state index in [9.17, 15) is 9.50 Å². The molecule has 0 amide bonds. The first-order valence-corrected chi connectivity index (χ1v) is 10.2. The van der Waals surface area contributed by atoms with E-state index >= 15 is 0 Å². The first kappa shape index (κ1) is 19.4. The van der Waals surface area contributed by atoms with Gasteiger partial charge in [0.15, 0.2) is 0 Å². The molecule has 0 bridgehead atoms. The van der Waals surface area contributed by atoms with Crippen molar-refractivity contribution in [3.05, 3.63) is 65.5 Å². The monoisotopic (exact) mass is 385 g/mol. The highest BCUT2D eigenvalue weighted by atomic mass is 19.1. The number of rotatable bonds is 7. The molecule has 1 saturated heterocycles. The average Bonchev–Trinajstić information content (AvgIpc) is 3.15. The molecule has 1 aliphatic carbocycles. The summed E-state index contributed by atoms with van der Waals surface area (Å²) in [6.45, 7) is 2.58. The molecule has 28 heavy (non-hydrogen) atoms. The summed E-state index contributed by atoms with van der Waals surface area (Å²) >= 11 is 0. The number of aliphatic hydroxyl groups excluding tert-OH is 1. The zero-order valence-electron chi connectivity index (χ0n) is 16.1. The van der Waals surface area contributed by atoms with E-state index < -0.39 is 6.10 Å². The van der Waals surface area contributed by atoms with Crippen LogP contribution in [-0.4, -0.2) is 48.5 Å². The van der Waals surface area contributed by atoms with Gasteiger partial charge in [0.05, 0.1) is 18.8 Å². The van der Waals surface area contributed by atoms with Crippen molar-refractivity contribution < 1.29 is 19.0 Å². The fourth-order valence-corrected chi connectivity index (χ4v) is 4.23. The highest BCUT2D eigenvalue weighted by molar-refractivity contribution is 5.31. The Morgan fingerprint density at radius 1 is 1.11 bits per heavy atom. The third-order valence-electron chi connectivity index (χ3n) is 5.62. The zero-order valence-corrected chi connectivity index (χ0v) is 16.1. The molecule has 150 valence electrons. The van der Waals surface area contributed by atoms with Crippen LogP contribution in [0.25, 0.3) is 0 Å². The summed E-state index contributed by atoms with van der Waals surface area (Å²) in [5.74, 6) is 0.428. The van der Waals surface area contributed by atoms with E-state index in [4.69, 9.17) is 9.47 Å². The van der Waals surface area contributed by atoms with E-state index in [2.05, 4.69) is 29.2 Å². The highest BCUT2D eigenvalue weighted by Crippen LogP contribution is 2.32. The number of likely N-dealkylation sites (tertiary alicyclic amines) is 1. The highest BCUT2D eigenvalue weighted by Gasteiger charge is 2.27. The molecule has 5 heteroatoms. The number of aliphatic hydroxyl groups is 1. The van der Waals surface area contributed by atoms with Crippen molar-refractivity contribution in [2.45, 2.75) is 44.0 Å². The van der Waals surface area contributed by atoms with Gasteiger partial charge in [0.1, 0.15) is 17.7 Å². The Morgan fingerprint density at radius 2 is 1.93 bits per heavy atom. The molecular formula is C23H28FNO3. The molecule has 2 aromatic carbocycles. The minimum Gasteiger partial charge on any atom is -0.489 e. The Bertz CT molecular complexity index is 767. The molecule has 0 radical (unpaired) electrons.